The van der Waals surface area contributed by atoms with Crippen molar-refractivity contribution in [3.63, 3.8) is 0 Å². The first kappa shape index (κ1) is 21.8. The first-order valence-electron chi connectivity index (χ1n) is 9.60. The predicted molar refractivity (Wildman–Crippen MR) is 104 cm³/mol. The highest BCUT2D eigenvalue weighted by molar-refractivity contribution is 5.90. The van der Waals surface area contributed by atoms with E-state index in [4.69, 9.17) is 0 Å². The summed E-state index contributed by atoms with van der Waals surface area (Å²) in [5, 5.41) is 20.6. The van der Waals surface area contributed by atoms with E-state index in [1.165, 1.54) is 28.9 Å². The molecule has 1 aromatic heterocycles. The lowest BCUT2D eigenvalue weighted by atomic mass is 9.85. The van der Waals surface area contributed by atoms with Crippen LogP contribution in [0.2, 0.25) is 0 Å². The molecule has 0 spiro atoms. The largest absolute Gasteiger partial charge is 0.391 e. The molecule has 1 aliphatic rings. The van der Waals surface area contributed by atoms with E-state index in [2.05, 4.69) is 15.6 Å². The van der Waals surface area contributed by atoms with Crippen molar-refractivity contribution in [2.24, 2.45) is 5.41 Å². The van der Waals surface area contributed by atoms with Crippen LogP contribution in [0, 0.1) is 17.0 Å². The Kier molecular flexibility index (Phi) is 5.89. The smallest absolute Gasteiger partial charge is 0.248 e. The third-order valence-electron chi connectivity index (χ3n) is 5.16. The van der Waals surface area contributed by atoms with Gasteiger partial charge in [-0.1, -0.05) is 26.0 Å². The van der Waals surface area contributed by atoms with Crippen LogP contribution in [0.5, 0.6) is 0 Å². The molecule has 0 aliphatic carbocycles. The van der Waals surface area contributed by atoms with E-state index in [0.29, 0.717) is 5.56 Å². The summed E-state index contributed by atoms with van der Waals surface area (Å²) in [5.74, 6) is -2.71. The number of aliphatic hydroxyl groups excluding tert-OH is 1. The highest BCUT2D eigenvalue weighted by atomic mass is 19.2. The molecule has 1 aromatic carbocycles. The lowest BCUT2D eigenvalue weighted by molar-refractivity contribution is -0.144. The lowest BCUT2D eigenvalue weighted by Crippen LogP contribution is -2.49. The van der Waals surface area contributed by atoms with Gasteiger partial charge in [-0.2, -0.15) is 0 Å². The number of aromatic nitrogens is 3. The van der Waals surface area contributed by atoms with Crippen molar-refractivity contribution in [3.05, 3.63) is 36.0 Å². The number of hydrogen-bond donors (Lipinski definition) is 2. The maximum absolute atomic E-state index is 13.6. The molecule has 2 unspecified atom stereocenters. The van der Waals surface area contributed by atoms with Crippen LogP contribution in [0.3, 0.4) is 0 Å². The van der Waals surface area contributed by atoms with Crippen LogP contribution in [-0.2, 0) is 9.59 Å². The lowest BCUT2D eigenvalue weighted by Gasteiger charge is -2.34. The maximum Gasteiger partial charge on any atom is 0.248 e. The van der Waals surface area contributed by atoms with Crippen LogP contribution in [0.25, 0.3) is 11.3 Å². The Morgan fingerprint density at radius 3 is 2.57 bits per heavy atom. The van der Waals surface area contributed by atoms with E-state index in [0.717, 1.165) is 12.1 Å². The number of hydrogen-bond acceptors (Lipinski definition) is 5. The summed E-state index contributed by atoms with van der Waals surface area (Å²) in [4.78, 5) is 27.0. The maximum atomic E-state index is 13.6. The Bertz CT molecular complexity index is 956. The molecule has 162 valence electrons. The van der Waals surface area contributed by atoms with Crippen molar-refractivity contribution in [2.75, 3.05) is 13.6 Å². The van der Waals surface area contributed by atoms with Crippen LogP contribution in [0.1, 0.15) is 33.2 Å². The monoisotopic (exact) mass is 421 g/mol. The van der Waals surface area contributed by atoms with Gasteiger partial charge in [0.25, 0.3) is 0 Å². The summed E-state index contributed by atoms with van der Waals surface area (Å²) < 4.78 is 28.2. The number of nitrogens with one attached hydrogen (secondary N) is 1. The Balaban J connectivity index is 1.95. The van der Waals surface area contributed by atoms with Gasteiger partial charge in [-0.25, -0.2) is 13.5 Å². The molecule has 0 saturated carbocycles. The van der Waals surface area contributed by atoms with Gasteiger partial charge in [0.1, 0.15) is 17.8 Å². The predicted octanol–water partition coefficient (Wildman–Crippen LogP) is 1.52. The van der Waals surface area contributed by atoms with Gasteiger partial charge in [-0.3, -0.25) is 9.59 Å². The molecular formula is C20H25F2N5O3. The van der Waals surface area contributed by atoms with Crippen LogP contribution in [0.15, 0.2) is 24.4 Å². The summed E-state index contributed by atoms with van der Waals surface area (Å²) in [6.45, 7) is 5.57. The molecule has 3 rings (SSSR count). The van der Waals surface area contributed by atoms with Gasteiger partial charge in [0.05, 0.1) is 12.3 Å². The summed E-state index contributed by atoms with van der Waals surface area (Å²) in [7, 11) is 1.47. The molecule has 2 N–H and O–H groups in total. The molecule has 10 heteroatoms. The third-order valence-corrected chi connectivity index (χ3v) is 5.16. The number of carbonyl (C=O) groups excluding carboxylic acids is 2. The summed E-state index contributed by atoms with van der Waals surface area (Å²) in [6.07, 6.45) is 0.840. The van der Waals surface area contributed by atoms with Crippen LogP contribution < -0.4 is 5.32 Å². The summed E-state index contributed by atoms with van der Waals surface area (Å²) >= 11 is 0. The van der Waals surface area contributed by atoms with Crippen molar-refractivity contribution in [1.29, 1.82) is 0 Å². The van der Waals surface area contributed by atoms with Gasteiger partial charge >= 0.3 is 0 Å². The van der Waals surface area contributed by atoms with Gasteiger partial charge in [0, 0.05) is 25.6 Å². The number of amides is 2. The van der Waals surface area contributed by atoms with Gasteiger partial charge in [0.15, 0.2) is 11.6 Å². The SMILES string of the molecule is CNC(=O)C1CC(O)CN1C(=O)[C@@H](n1cc(-c2ccc(F)c(F)c2)nn1)C(C)(C)C. The van der Waals surface area contributed by atoms with Crippen molar-refractivity contribution in [1.82, 2.24) is 25.2 Å². The van der Waals surface area contributed by atoms with E-state index < -0.39 is 35.2 Å². The molecule has 0 radical (unpaired) electrons. The molecule has 2 aromatic rings. The first-order chi connectivity index (χ1) is 14.0. The number of halogens is 2. The Hall–Kier alpha value is -2.88. The van der Waals surface area contributed by atoms with Gasteiger partial charge in [0.2, 0.25) is 11.8 Å². The quantitative estimate of drug-likeness (QED) is 0.780. The number of benzene rings is 1. The number of nitrogens with zero attached hydrogens (tertiary/aromatic N) is 4. The minimum Gasteiger partial charge on any atom is -0.391 e. The molecular weight excluding hydrogens is 396 g/mol. The highest BCUT2D eigenvalue weighted by Crippen LogP contribution is 2.35. The van der Waals surface area contributed by atoms with Crippen molar-refractivity contribution in [2.45, 2.75) is 45.4 Å². The second-order valence-corrected chi connectivity index (χ2v) is 8.49. The summed E-state index contributed by atoms with van der Waals surface area (Å²) in [6, 6.07) is 1.77. The average Bonchev–Trinajstić information content (AvgIpc) is 3.29. The zero-order chi connectivity index (χ0) is 22.2. The second-order valence-electron chi connectivity index (χ2n) is 8.49. The summed E-state index contributed by atoms with van der Waals surface area (Å²) in [5.41, 5.74) is -0.0167. The minimum atomic E-state index is -1.01. The van der Waals surface area contributed by atoms with Gasteiger partial charge in [-0.15, -0.1) is 5.10 Å². The Morgan fingerprint density at radius 1 is 1.27 bits per heavy atom. The van der Waals surface area contributed by atoms with Crippen LogP contribution in [0.4, 0.5) is 8.78 Å². The van der Waals surface area contributed by atoms with Crippen molar-refractivity contribution < 1.29 is 23.5 Å². The van der Waals surface area contributed by atoms with Crippen LogP contribution >= 0.6 is 0 Å². The topological polar surface area (TPSA) is 100 Å². The number of rotatable bonds is 4. The number of likely N-dealkylation sites (tertiary alicyclic amines) is 1. The van der Waals surface area contributed by atoms with Crippen molar-refractivity contribution >= 4 is 11.8 Å². The van der Waals surface area contributed by atoms with E-state index in [9.17, 15) is 23.5 Å². The van der Waals surface area contributed by atoms with E-state index in [1.807, 2.05) is 20.8 Å². The second kappa shape index (κ2) is 8.10. The zero-order valence-corrected chi connectivity index (χ0v) is 17.3. The molecule has 1 saturated heterocycles. The fourth-order valence-corrected chi connectivity index (χ4v) is 3.70. The Labute approximate surface area is 172 Å². The van der Waals surface area contributed by atoms with E-state index in [-0.39, 0.29) is 30.5 Å². The minimum absolute atomic E-state index is 0.0359. The molecule has 1 fully saturated rings. The van der Waals surface area contributed by atoms with E-state index in [1.54, 1.807) is 0 Å². The number of β-amino-alcohol motifs (C(OH)–C–C–N with tert-alkyl or cyclic N) is 1. The fraction of sp³-hybridized carbons (Fsp3) is 0.500. The fourth-order valence-electron chi connectivity index (χ4n) is 3.70. The van der Waals surface area contributed by atoms with E-state index >= 15 is 0 Å². The average molecular weight is 421 g/mol. The molecule has 1 aliphatic heterocycles. The molecule has 2 heterocycles. The highest BCUT2D eigenvalue weighted by Gasteiger charge is 2.45. The number of carbonyl (C=O) groups is 2. The molecule has 30 heavy (non-hydrogen) atoms. The Morgan fingerprint density at radius 2 is 1.97 bits per heavy atom. The third kappa shape index (κ3) is 4.18. The molecule has 8 nitrogen and oxygen atoms in total. The molecule has 2 amide bonds. The number of likely N-dealkylation sites (N-methyl/N-ethyl adjacent to an activating group) is 1. The first-order valence-corrected chi connectivity index (χ1v) is 9.60. The number of aliphatic hydroxyl groups is 1. The van der Waals surface area contributed by atoms with Gasteiger partial charge in [-0.05, 0) is 23.6 Å². The van der Waals surface area contributed by atoms with Crippen LogP contribution in [-0.4, -0.2) is 62.6 Å². The molecule has 3 atom stereocenters. The zero-order valence-electron chi connectivity index (χ0n) is 17.3. The van der Waals surface area contributed by atoms with Gasteiger partial charge < -0.3 is 15.3 Å². The standard InChI is InChI=1S/C20H25F2N5O3/c1-20(2,3)17(19(30)26-9-12(28)8-16(26)18(29)23-4)27-10-15(24-25-27)11-5-6-13(21)14(22)7-11/h5-7,10,12,16-17,28H,8-9H2,1-4H3,(H,23,29)/t12?,16?,17-/m1/s1. The normalized spacial score (nSPS) is 20.3. The molecule has 0 bridgehead atoms. The van der Waals surface area contributed by atoms with Crippen molar-refractivity contribution in [3.8, 4) is 11.3 Å².